The zero-order chi connectivity index (χ0) is 5.91. The third kappa shape index (κ3) is 9.33. The van der Waals surface area contributed by atoms with Gasteiger partial charge in [0.1, 0.15) is 6.54 Å². The van der Waals surface area contributed by atoms with E-state index in [1.54, 1.807) is 0 Å². The molecule has 0 aromatic rings. The smallest absolute Gasteiger partial charge is 0.101 e. The Bertz CT molecular complexity index is 47.0. The van der Waals surface area contributed by atoms with Crippen LogP contribution in [0.2, 0.25) is 0 Å². The highest BCUT2D eigenvalue weighted by atomic mass is 16.3. The van der Waals surface area contributed by atoms with Gasteiger partial charge < -0.3 is 9.59 Å². The third-order valence-electron chi connectivity index (χ3n) is 0.771. The van der Waals surface area contributed by atoms with Crippen LogP contribution in [-0.2, 0) is 0 Å². The van der Waals surface area contributed by atoms with E-state index >= 15 is 0 Å². The number of aliphatic hydroxyl groups excluding tert-OH is 1. The highest BCUT2D eigenvalue weighted by Gasteiger charge is 2.02. The van der Waals surface area contributed by atoms with Crippen LogP contribution in [0.15, 0.2) is 0 Å². The summed E-state index contributed by atoms with van der Waals surface area (Å²) in [5.41, 5.74) is 0. The van der Waals surface area contributed by atoms with E-state index in [1.807, 2.05) is 0 Å². The van der Waals surface area contributed by atoms with E-state index < -0.39 is 0 Å². The second kappa shape index (κ2) is 3.87. The monoisotopic (exact) mass is 116 g/mol. The summed E-state index contributed by atoms with van der Waals surface area (Å²) >= 11 is 0. The van der Waals surface area contributed by atoms with Gasteiger partial charge in [0.2, 0.25) is 0 Å². The lowest BCUT2D eigenvalue weighted by Crippen LogP contribution is -2.36. The molecule has 0 rings (SSSR count). The van der Waals surface area contributed by atoms with Crippen LogP contribution in [0.4, 0.5) is 0 Å². The molecule has 0 spiro atoms. The fourth-order valence-corrected chi connectivity index (χ4v) is 0.300. The van der Waals surface area contributed by atoms with Gasteiger partial charge >= 0.3 is 0 Å². The minimum Gasteiger partial charge on any atom is -0.391 e. The summed E-state index contributed by atoms with van der Waals surface area (Å²) in [5.74, 6) is 0. The maximum atomic E-state index is 8.39. The van der Waals surface area contributed by atoms with Gasteiger partial charge in [0.05, 0.1) is 27.7 Å². The van der Waals surface area contributed by atoms with Gasteiger partial charge in [-0.25, -0.2) is 0 Å². The van der Waals surface area contributed by atoms with E-state index in [1.165, 1.54) is 0 Å². The van der Waals surface area contributed by atoms with Crippen molar-refractivity contribution in [1.29, 1.82) is 0 Å². The number of likely N-dealkylation sites (N-methyl/N-ethyl adjacent to an activating group) is 1. The van der Waals surface area contributed by atoms with Crippen LogP contribution in [0.3, 0.4) is 0 Å². The maximum absolute atomic E-state index is 8.39. The van der Waals surface area contributed by atoms with Crippen LogP contribution in [0, 0.1) is 7.43 Å². The molecule has 0 amide bonds. The molecule has 0 aliphatic rings. The van der Waals surface area contributed by atoms with Crippen LogP contribution in [-0.4, -0.2) is 43.9 Å². The average molecular weight is 116 g/mol. The largest absolute Gasteiger partial charge is 0.391 e. The Morgan fingerprint density at radius 2 is 1.62 bits per heavy atom. The fraction of sp³-hybridized carbons (Fsp3) is 0.833. The summed E-state index contributed by atoms with van der Waals surface area (Å²) < 4.78 is 0.844. The lowest BCUT2D eigenvalue weighted by molar-refractivity contribution is -0.870. The SMILES string of the molecule is C[N+](C)(C)CCO.[C]. The predicted octanol–water partition coefficient (Wildman–Crippen LogP) is -0.234. The zero-order valence-corrected chi connectivity index (χ0v) is 5.81. The lowest BCUT2D eigenvalue weighted by atomic mass is 10.5. The summed E-state index contributed by atoms with van der Waals surface area (Å²) in [6.45, 7) is 1.11. The number of rotatable bonds is 2. The first kappa shape index (κ1) is 10.8. The molecule has 2 heteroatoms. The Morgan fingerprint density at radius 1 is 1.25 bits per heavy atom. The fourth-order valence-electron chi connectivity index (χ4n) is 0.300. The van der Waals surface area contributed by atoms with Gasteiger partial charge in [0.15, 0.2) is 0 Å². The highest BCUT2D eigenvalue weighted by molar-refractivity contribution is 4.19. The first-order valence-electron chi connectivity index (χ1n) is 2.47. The number of nitrogens with zero attached hydrogens (tertiary/aromatic N) is 1. The van der Waals surface area contributed by atoms with E-state index in [4.69, 9.17) is 5.11 Å². The predicted molar refractivity (Wildman–Crippen MR) is 33.2 cm³/mol. The van der Waals surface area contributed by atoms with Gasteiger partial charge in [-0.1, -0.05) is 0 Å². The molecule has 48 valence electrons. The summed E-state index contributed by atoms with van der Waals surface area (Å²) in [6, 6.07) is 0. The van der Waals surface area contributed by atoms with Crippen molar-refractivity contribution in [3.63, 3.8) is 0 Å². The highest BCUT2D eigenvalue weighted by Crippen LogP contribution is 1.84. The quantitative estimate of drug-likeness (QED) is 0.494. The molecule has 8 heavy (non-hydrogen) atoms. The molecule has 1 N–H and O–H groups in total. The Kier molecular flexibility index (Phi) is 5.23. The molecule has 0 aromatic heterocycles. The Hall–Kier alpha value is -0.0800. The summed E-state index contributed by atoms with van der Waals surface area (Å²) in [5, 5.41) is 8.39. The van der Waals surface area contributed by atoms with E-state index in [9.17, 15) is 0 Å². The van der Waals surface area contributed by atoms with Crippen molar-refractivity contribution in [1.82, 2.24) is 0 Å². The molecule has 0 saturated heterocycles. The van der Waals surface area contributed by atoms with E-state index in [-0.39, 0.29) is 14.0 Å². The van der Waals surface area contributed by atoms with E-state index in [0.717, 1.165) is 11.0 Å². The molecule has 0 heterocycles. The van der Waals surface area contributed by atoms with E-state index in [0.29, 0.717) is 0 Å². The Balaban J connectivity index is 0. The van der Waals surface area contributed by atoms with Crippen molar-refractivity contribution in [3.8, 4) is 0 Å². The molecule has 0 bridgehead atoms. The van der Waals surface area contributed by atoms with Gasteiger partial charge in [-0.05, 0) is 0 Å². The normalized spacial score (nSPS) is 10.5. The van der Waals surface area contributed by atoms with Crippen LogP contribution in [0.25, 0.3) is 0 Å². The van der Waals surface area contributed by atoms with Crippen LogP contribution in [0.5, 0.6) is 0 Å². The van der Waals surface area contributed by atoms with Crippen LogP contribution in [0.1, 0.15) is 0 Å². The van der Waals surface area contributed by atoms with Crippen molar-refractivity contribution in [3.05, 3.63) is 7.43 Å². The molecule has 0 saturated carbocycles. The van der Waals surface area contributed by atoms with Gasteiger partial charge in [0.25, 0.3) is 0 Å². The Morgan fingerprint density at radius 3 is 1.62 bits per heavy atom. The molecule has 4 radical (unpaired) electrons. The molecular weight excluding hydrogens is 102 g/mol. The average Bonchev–Trinajstić information content (AvgIpc) is 1.30. The first-order chi connectivity index (χ1) is 3.06. The molecule has 0 atom stereocenters. The summed E-state index contributed by atoms with van der Waals surface area (Å²) in [7, 11) is 6.16. The number of aliphatic hydroxyl groups is 1. The standard InChI is InChI=1S/C5H14NO.C/c1-6(2,3)4-5-7;/h7H,4-5H2,1-3H3;/q+1;. The first-order valence-corrected chi connectivity index (χ1v) is 2.47. The molecule has 0 aliphatic heterocycles. The second-order valence-electron chi connectivity index (χ2n) is 2.74. The minimum absolute atomic E-state index is 0. The third-order valence-corrected chi connectivity index (χ3v) is 0.771. The second-order valence-corrected chi connectivity index (χ2v) is 2.74. The van der Waals surface area contributed by atoms with Gasteiger partial charge in [-0.3, -0.25) is 0 Å². The topological polar surface area (TPSA) is 20.2 Å². The van der Waals surface area contributed by atoms with Crippen molar-refractivity contribution < 1.29 is 9.59 Å². The summed E-state index contributed by atoms with van der Waals surface area (Å²) in [4.78, 5) is 0. The number of hydrogen-bond donors (Lipinski definition) is 1. The molecular formula is C6H14NO+. The lowest BCUT2D eigenvalue weighted by Gasteiger charge is -2.21. The van der Waals surface area contributed by atoms with Gasteiger partial charge in [-0.15, -0.1) is 0 Å². The van der Waals surface area contributed by atoms with Gasteiger partial charge in [0, 0.05) is 7.43 Å². The molecule has 2 nitrogen and oxygen atoms in total. The zero-order valence-electron chi connectivity index (χ0n) is 5.81. The van der Waals surface area contributed by atoms with Crippen molar-refractivity contribution in [2.24, 2.45) is 0 Å². The van der Waals surface area contributed by atoms with Crippen LogP contribution < -0.4 is 0 Å². The number of hydrogen-bond acceptors (Lipinski definition) is 1. The molecule has 0 aliphatic carbocycles. The van der Waals surface area contributed by atoms with E-state index in [2.05, 4.69) is 21.1 Å². The maximum Gasteiger partial charge on any atom is 0.101 e. The Labute approximate surface area is 52.3 Å². The summed E-state index contributed by atoms with van der Waals surface area (Å²) in [6.07, 6.45) is 0. The van der Waals surface area contributed by atoms with Crippen molar-refractivity contribution >= 4 is 0 Å². The minimum atomic E-state index is 0. The van der Waals surface area contributed by atoms with Crippen molar-refractivity contribution in [2.75, 3.05) is 34.3 Å². The number of quaternary nitrogens is 1. The van der Waals surface area contributed by atoms with Crippen molar-refractivity contribution in [2.45, 2.75) is 0 Å². The van der Waals surface area contributed by atoms with Crippen LogP contribution >= 0.6 is 0 Å². The molecule has 0 aromatic carbocycles. The van der Waals surface area contributed by atoms with Gasteiger partial charge in [-0.2, -0.15) is 0 Å². The molecule has 0 fully saturated rings. The molecule has 0 unspecified atom stereocenters.